The predicted molar refractivity (Wildman–Crippen MR) is 79.3 cm³/mol. The van der Waals surface area contributed by atoms with Gasteiger partial charge in [0.25, 0.3) is 0 Å². The van der Waals surface area contributed by atoms with Gasteiger partial charge in [-0.05, 0) is 18.3 Å². The molecule has 0 aliphatic heterocycles. The second kappa shape index (κ2) is 11.6. The summed E-state index contributed by atoms with van der Waals surface area (Å²) < 4.78 is 5.44. The molecule has 0 bridgehead atoms. The van der Waals surface area contributed by atoms with Crippen molar-refractivity contribution in [1.82, 2.24) is 5.32 Å². The summed E-state index contributed by atoms with van der Waals surface area (Å²) in [7, 11) is 0. The van der Waals surface area contributed by atoms with E-state index < -0.39 is 6.10 Å². The van der Waals surface area contributed by atoms with Crippen molar-refractivity contribution in [2.45, 2.75) is 59.0 Å². The van der Waals surface area contributed by atoms with Gasteiger partial charge < -0.3 is 20.3 Å². The first-order chi connectivity index (χ1) is 9.02. The van der Waals surface area contributed by atoms with Crippen LogP contribution < -0.4 is 5.32 Å². The topological polar surface area (TPSA) is 61.7 Å². The van der Waals surface area contributed by atoms with Crippen molar-refractivity contribution >= 4 is 0 Å². The van der Waals surface area contributed by atoms with Crippen molar-refractivity contribution in [2.75, 3.05) is 32.9 Å². The molecule has 0 aromatic heterocycles. The second-order valence-electron chi connectivity index (χ2n) is 6.06. The summed E-state index contributed by atoms with van der Waals surface area (Å²) in [5.74, 6) is 0. The molecule has 0 aliphatic carbocycles. The Morgan fingerprint density at radius 1 is 1.21 bits per heavy atom. The minimum atomic E-state index is -0.448. The van der Waals surface area contributed by atoms with Crippen LogP contribution in [0.5, 0.6) is 0 Å². The lowest BCUT2D eigenvalue weighted by atomic mass is 9.90. The zero-order valence-corrected chi connectivity index (χ0v) is 13.0. The van der Waals surface area contributed by atoms with Crippen LogP contribution in [0.1, 0.15) is 52.9 Å². The molecule has 0 radical (unpaired) electrons. The molecule has 116 valence electrons. The SMILES string of the molecule is CCCCCCOCC(O)CNCC(C)(C)CCO. The number of rotatable bonds is 13. The van der Waals surface area contributed by atoms with E-state index in [-0.39, 0.29) is 12.0 Å². The van der Waals surface area contributed by atoms with Crippen molar-refractivity contribution < 1.29 is 14.9 Å². The van der Waals surface area contributed by atoms with Crippen molar-refractivity contribution in [1.29, 1.82) is 0 Å². The standard InChI is InChI=1S/C15H33NO3/c1-4-5-6-7-10-19-12-14(18)11-16-13-15(2,3)8-9-17/h14,16-18H,4-13H2,1-3H3. The van der Waals surface area contributed by atoms with Crippen LogP contribution in [-0.2, 0) is 4.74 Å². The highest BCUT2D eigenvalue weighted by atomic mass is 16.5. The van der Waals surface area contributed by atoms with Crippen LogP contribution in [0.25, 0.3) is 0 Å². The molecule has 1 atom stereocenters. The van der Waals surface area contributed by atoms with E-state index in [1.54, 1.807) is 0 Å². The largest absolute Gasteiger partial charge is 0.396 e. The molecule has 3 N–H and O–H groups in total. The van der Waals surface area contributed by atoms with Gasteiger partial charge in [0.15, 0.2) is 0 Å². The molecule has 4 nitrogen and oxygen atoms in total. The van der Waals surface area contributed by atoms with Crippen LogP contribution in [0.4, 0.5) is 0 Å². The normalized spacial score (nSPS) is 13.7. The van der Waals surface area contributed by atoms with Crippen LogP contribution in [0, 0.1) is 5.41 Å². The van der Waals surface area contributed by atoms with Gasteiger partial charge in [-0.3, -0.25) is 0 Å². The zero-order chi connectivity index (χ0) is 14.6. The Morgan fingerprint density at radius 2 is 1.95 bits per heavy atom. The van der Waals surface area contributed by atoms with Gasteiger partial charge in [-0.25, -0.2) is 0 Å². The van der Waals surface area contributed by atoms with Crippen LogP contribution in [0.15, 0.2) is 0 Å². The lowest BCUT2D eigenvalue weighted by molar-refractivity contribution is 0.0341. The van der Waals surface area contributed by atoms with E-state index in [0.717, 1.165) is 26.0 Å². The summed E-state index contributed by atoms with van der Waals surface area (Å²) >= 11 is 0. The number of unbranched alkanes of at least 4 members (excludes halogenated alkanes) is 3. The third-order valence-corrected chi connectivity index (χ3v) is 3.22. The molecule has 1 unspecified atom stereocenters. The summed E-state index contributed by atoms with van der Waals surface area (Å²) in [4.78, 5) is 0. The van der Waals surface area contributed by atoms with Gasteiger partial charge in [0.2, 0.25) is 0 Å². The van der Waals surface area contributed by atoms with Crippen LogP contribution in [0.3, 0.4) is 0 Å². The molecule has 0 spiro atoms. The van der Waals surface area contributed by atoms with E-state index in [9.17, 15) is 5.11 Å². The fourth-order valence-electron chi connectivity index (χ4n) is 1.88. The number of hydrogen-bond acceptors (Lipinski definition) is 4. The average molecular weight is 275 g/mol. The van der Waals surface area contributed by atoms with Gasteiger partial charge in [-0.15, -0.1) is 0 Å². The summed E-state index contributed by atoms with van der Waals surface area (Å²) in [5.41, 5.74) is 0.0650. The molecule has 19 heavy (non-hydrogen) atoms. The van der Waals surface area contributed by atoms with E-state index in [1.807, 2.05) is 0 Å². The first-order valence-electron chi connectivity index (χ1n) is 7.59. The summed E-state index contributed by atoms with van der Waals surface area (Å²) in [6.07, 6.45) is 5.10. The first-order valence-corrected chi connectivity index (χ1v) is 7.59. The summed E-state index contributed by atoms with van der Waals surface area (Å²) in [6.45, 7) is 9.09. The third kappa shape index (κ3) is 12.6. The monoisotopic (exact) mass is 275 g/mol. The van der Waals surface area contributed by atoms with Gasteiger partial charge in [0.1, 0.15) is 0 Å². The maximum absolute atomic E-state index is 9.74. The van der Waals surface area contributed by atoms with E-state index in [1.165, 1.54) is 19.3 Å². The summed E-state index contributed by atoms with van der Waals surface area (Å²) in [6, 6.07) is 0. The number of aliphatic hydroxyl groups excluding tert-OH is 2. The molecule has 0 heterocycles. The number of aliphatic hydroxyl groups is 2. The highest BCUT2D eigenvalue weighted by Crippen LogP contribution is 2.17. The van der Waals surface area contributed by atoms with Crippen molar-refractivity contribution in [3.05, 3.63) is 0 Å². The van der Waals surface area contributed by atoms with Crippen molar-refractivity contribution in [3.8, 4) is 0 Å². The lowest BCUT2D eigenvalue weighted by Gasteiger charge is -2.24. The fraction of sp³-hybridized carbons (Fsp3) is 1.00. The molecule has 0 aliphatic rings. The van der Waals surface area contributed by atoms with Gasteiger partial charge in [0, 0.05) is 26.3 Å². The molecule has 0 aromatic carbocycles. The third-order valence-electron chi connectivity index (χ3n) is 3.22. The fourth-order valence-corrected chi connectivity index (χ4v) is 1.88. The minimum absolute atomic E-state index is 0.0650. The molecule has 4 heteroatoms. The molecule has 0 amide bonds. The predicted octanol–water partition coefficient (Wildman–Crippen LogP) is 1.94. The highest BCUT2D eigenvalue weighted by molar-refractivity contribution is 4.72. The van der Waals surface area contributed by atoms with Crippen LogP contribution >= 0.6 is 0 Å². The van der Waals surface area contributed by atoms with E-state index in [0.29, 0.717) is 13.2 Å². The molecule has 0 saturated heterocycles. The molecule has 0 saturated carbocycles. The number of hydrogen-bond donors (Lipinski definition) is 3. The highest BCUT2D eigenvalue weighted by Gasteiger charge is 2.17. The van der Waals surface area contributed by atoms with Gasteiger partial charge >= 0.3 is 0 Å². The Labute approximate surface area is 118 Å². The Balaban J connectivity index is 3.41. The van der Waals surface area contributed by atoms with Crippen LogP contribution in [0.2, 0.25) is 0 Å². The minimum Gasteiger partial charge on any atom is -0.396 e. The maximum atomic E-state index is 9.74. The molecule has 0 aromatic rings. The summed E-state index contributed by atoms with van der Waals surface area (Å²) in [5, 5.41) is 21.9. The number of nitrogens with one attached hydrogen (secondary N) is 1. The Bertz CT molecular complexity index is 198. The molecular weight excluding hydrogens is 242 g/mol. The quantitative estimate of drug-likeness (QED) is 0.450. The van der Waals surface area contributed by atoms with Gasteiger partial charge in [0.05, 0.1) is 12.7 Å². The van der Waals surface area contributed by atoms with E-state index in [4.69, 9.17) is 9.84 Å². The van der Waals surface area contributed by atoms with E-state index >= 15 is 0 Å². The molecular formula is C15H33NO3. The lowest BCUT2D eigenvalue weighted by Crippen LogP contribution is -2.37. The Kier molecular flexibility index (Phi) is 11.6. The van der Waals surface area contributed by atoms with Crippen molar-refractivity contribution in [3.63, 3.8) is 0 Å². The van der Waals surface area contributed by atoms with E-state index in [2.05, 4.69) is 26.1 Å². The number of ether oxygens (including phenoxy) is 1. The van der Waals surface area contributed by atoms with Gasteiger partial charge in [-0.2, -0.15) is 0 Å². The Hall–Kier alpha value is -0.160. The average Bonchev–Trinajstić information content (AvgIpc) is 2.33. The molecule has 0 rings (SSSR count). The molecule has 0 fully saturated rings. The smallest absolute Gasteiger partial charge is 0.0897 e. The van der Waals surface area contributed by atoms with Crippen molar-refractivity contribution in [2.24, 2.45) is 5.41 Å². The second-order valence-corrected chi connectivity index (χ2v) is 6.06. The maximum Gasteiger partial charge on any atom is 0.0897 e. The Morgan fingerprint density at radius 3 is 2.58 bits per heavy atom. The van der Waals surface area contributed by atoms with Gasteiger partial charge in [-0.1, -0.05) is 40.0 Å². The van der Waals surface area contributed by atoms with Crippen LogP contribution in [-0.4, -0.2) is 49.2 Å². The first kappa shape index (κ1) is 18.8. The zero-order valence-electron chi connectivity index (χ0n) is 13.0.